The first-order valence-electron chi connectivity index (χ1n) is 10.9. The first-order valence-corrected chi connectivity index (χ1v) is 11.3. The van der Waals surface area contributed by atoms with E-state index in [2.05, 4.69) is 80.4 Å². The molecule has 2 heterocycles. The Labute approximate surface area is 189 Å². The van der Waals surface area contributed by atoms with Crippen molar-refractivity contribution in [3.05, 3.63) is 89.6 Å². The maximum atomic E-state index is 6.39. The molecular formula is C28H26ClN2. The van der Waals surface area contributed by atoms with Crippen LogP contribution in [0.3, 0.4) is 0 Å². The highest BCUT2D eigenvalue weighted by atomic mass is 35.5. The Balaban J connectivity index is 1.60. The van der Waals surface area contributed by atoms with Gasteiger partial charge in [-0.3, -0.25) is 0 Å². The molecule has 1 unspecified atom stereocenters. The van der Waals surface area contributed by atoms with Crippen LogP contribution in [0, 0.1) is 17.3 Å². The number of hydrogen-bond acceptors (Lipinski definition) is 2. The zero-order valence-corrected chi connectivity index (χ0v) is 18.9. The summed E-state index contributed by atoms with van der Waals surface area (Å²) in [7, 11) is 0. The van der Waals surface area contributed by atoms with Gasteiger partial charge in [-0.2, -0.15) is 0 Å². The molecule has 4 aromatic rings. The van der Waals surface area contributed by atoms with Crippen LogP contribution < -0.4 is 0 Å². The van der Waals surface area contributed by atoms with Crippen molar-refractivity contribution in [3.8, 4) is 22.4 Å². The summed E-state index contributed by atoms with van der Waals surface area (Å²) in [5.74, 6) is 2.26. The molecule has 3 heteroatoms. The predicted molar refractivity (Wildman–Crippen MR) is 130 cm³/mol. The van der Waals surface area contributed by atoms with Crippen LogP contribution >= 0.6 is 11.6 Å². The number of fused-ring (bicyclic) bond motifs is 1. The maximum Gasteiger partial charge on any atom is 0.138 e. The molecule has 0 N–H and O–H groups in total. The molecule has 0 spiro atoms. The molecule has 31 heavy (non-hydrogen) atoms. The van der Waals surface area contributed by atoms with Gasteiger partial charge in [0.2, 0.25) is 0 Å². The third kappa shape index (κ3) is 3.74. The van der Waals surface area contributed by atoms with Crippen molar-refractivity contribution < 1.29 is 0 Å². The summed E-state index contributed by atoms with van der Waals surface area (Å²) < 4.78 is 0. The van der Waals surface area contributed by atoms with Crippen LogP contribution in [0.1, 0.15) is 39.2 Å². The molecule has 0 saturated heterocycles. The summed E-state index contributed by atoms with van der Waals surface area (Å²) in [5, 5.41) is 1.36. The molecule has 5 rings (SSSR count). The molecule has 2 aromatic carbocycles. The van der Waals surface area contributed by atoms with Gasteiger partial charge in [-0.15, -0.1) is 0 Å². The molecular weight excluding hydrogens is 400 g/mol. The van der Waals surface area contributed by atoms with Crippen LogP contribution in [0.2, 0.25) is 5.15 Å². The van der Waals surface area contributed by atoms with E-state index in [0.717, 1.165) is 33.3 Å². The molecule has 2 aromatic heterocycles. The van der Waals surface area contributed by atoms with Crippen LogP contribution in [0.15, 0.2) is 72.9 Å². The van der Waals surface area contributed by atoms with Crippen molar-refractivity contribution in [2.75, 3.05) is 0 Å². The highest BCUT2D eigenvalue weighted by Crippen LogP contribution is 2.51. The summed E-state index contributed by atoms with van der Waals surface area (Å²) in [6, 6.07) is 23.4. The summed E-state index contributed by atoms with van der Waals surface area (Å²) in [5.41, 5.74) is 6.82. The van der Waals surface area contributed by atoms with Crippen molar-refractivity contribution in [1.82, 2.24) is 9.97 Å². The van der Waals surface area contributed by atoms with E-state index in [0.29, 0.717) is 16.5 Å². The van der Waals surface area contributed by atoms with Crippen LogP contribution in [0.25, 0.3) is 33.3 Å². The van der Waals surface area contributed by atoms with Gasteiger partial charge < -0.3 is 0 Å². The number of pyridine rings is 2. The Bertz CT molecular complexity index is 1220. The second-order valence-corrected chi connectivity index (χ2v) is 9.84. The standard InChI is InChI=1S/C28H26ClN2/c1-28(2,3)24-14-13-21(24)19-9-11-20(12-10-19)26-22(18-7-5-4-6-8-18)17-23-25(31-26)15-16-30-27(23)29/h4-12,15-17,24H,13-14H2,1-3H3. The lowest BCUT2D eigenvalue weighted by atomic mass is 9.59. The highest BCUT2D eigenvalue weighted by Gasteiger charge is 2.40. The summed E-state index contributed by atoms with van der Waals surface area (Å²) in [4.78, 5) is 9.26. The molecule has 155 valence electrons. The summed E-state index contributed by atoms with van der Waals surface area (Å²) in [6.45, 7) is 7.03. The number of halogens is 1. The minimum absolute atomic E-state index is 0.319. The Kier molecular flexibility index (Phi) is 5.06. The van der Waals surface area contributed by atoms with E-state index in [9.17, 15) is 0 Å². The Morgan fingerprint density at radius 1 is 0.871 bits per heavy atom. The number of benzene rings is 2. The summed E-state index contributed by atoms with van der Waals surface area (Å²) in [6.07, 6.45) is 4.21. The van der Waals surface area contributed by atoms with Crippen LogP contribution in [-0.4, -0.2) is 9.97 Å². The molecule has 0 amide bonds. The van der Waals surface area contributed by atoms with Crippen LogP contribution in [0.4, 0.5) is 0 Å². The normalized spacial score (nSPS) is 17.0. The third-order valence-electron chi connectivity index (χ3n) is 6.48. The third-order valence-corrected chi connectivity index (χ3v) is 6.78. The van der Waals surface area contributed by atoms with E-state index in [1.54, 1.807) is 12.1 Å². The fraction of sp³-hybridized carbons (Fsp3) is 0.250. The van der Waals surface area contributed by atoms with Gasteiger partial charge in [0, 0.05) is 28.6 Å². The lowest BCUT2D eigenvalue weighted by molar-refractivity contribution is 0.180. The van der Waals surface area contributed by atoms with E-state index in [1.165, 1.54) is 18.4 Å². The average Bonchev–Trinajstić information content (AvgIpc) is 2.72. The number of rotatable bonds is 3. The van der Waals surface area contributed by atoms with Gasteiger partial charge in [0.05, 0.1) is 11.2 Å². The maximum absolute atomic E-state index is 6.39. The summed E-state index contributed by atoms with van der Waals surface area (Å²) >= 11 is 6.39. The van der Waals surface area contributed by atoms with Gasteiger partial charge in [-0.05, 0) is 47.4 Å². The largest absolute Gasteiger partial charge is 0.247 e. The second kappa shape index (κ2) is 7.76. The Morgan fingerprint density at radius 3 is 2.23 bits per heavy atom. The first-order chi connectivity index (χ1) is 14.9. The minimum atomic E-state index is 0.319. The van der Waals surface area contributed by atoms with Gasteiger partial charge in [-0.25, -0.2) is 9.97 Å². The molecule has 1 fully saturated rings. The molecule has 0 bridgehead atoms. The Hall–Kier alpha value is -2.71. The number of nitrogens with zero attached hydrogens (tertiary/aromatic N) is 2. The zero-order valence-electron chi connectivity index (χ0n) is 18.2. The van der Waals surface area contributed by atoms with Gasteiger partial charge in [-0.1, -0.05) is 87.0 Å². The van der Waals surface area contributed by atoms with E-state index in [1.807, 2.05) is 12.1 Å². The van der Waals surface area contributed by atoms with Crippen molar-refractivity contribution in [2.24, 2.45) is 11.3 Å². The smallest absolute Gasteiger partial charge is 0.138 e. The van der Waals surface area contributed by atoms with Crippen molar-refractivity contribution >= 4 is 22.5 Å². The SMILES string of the molecule is CC(C)(C)C1CC[C]1c1ccc(-c2nc3ccnc(Cl)c3cc2-c2ccccc2)cc1. The molecule has 1 atom stereocenters. The first kappa shape index (κ1) is 20.2. The van der Waals surface area contributed by atoms with Gasteiger partial charge in [0.25, 0.3) is 0 Å². The van der Waals surface area contributed by atoms with Crippen molar-refractivity contribution in [2.45, 2.75) is 33.6 Å². The van der Waals surface area contributed by atoms with Gasteiger partial charge in [0.15, 0.2) is 0 Å². The highest BCUT2D eigenvalue weighted by molar-refractivity contribution is 6.34. The molecule has 1 saturated carbocycles. The fourth-order valence-electron chi connectivity index (χ4n) is 4.70. The quantitative estimate of drug-likeness (QED) is 0.311. The molecule has 0 aliphatic heterocycles. The lowest BCUT2D eigenvalue weighted by Crippen LogP contribution is -2.35. The topological polar surface area (TPSA) is 25.8 Å². The van der Waals surface area contributed by atoms with Crippen molar-refractivity contribution in [3.63, 3.8) is 0 Å². The van der Waals surface area contributed by atoms with E-state index >= 15 is 0 Å². The average molecular weight is 426 g/mol. The Morgan fingerprint density at radius 2 is 1.58 bits per heavy atom. The van der Waals surface area contributed by atoms with E-state index in [-0.39, 0.29) is 0 Å². The van der Waals surface area contributed by atoms with Crippen LogP contribution in [0.5, 0.6) is 0 Å². The van der Waals surface area contributed by atoms with E-state index < -0.39 is 0 Å². The molecule has 2 nitrogen and oxygen atoms in total. The van der Waals surface area contributed by atoms with Crippen molar-refractivity contribution in [1.29, 1.82) is 0 Å². The van der Waals surface area contributed by atoms with Crippen LogP contribution in [-0.2, 0) is 0 Å². The zero-order chi connectivity index (χ0) is 21.6. The lowest BCUT2D eigenvalue weighted by Gasteiger charge is -2.45. The number of aromatic nitrogens is 2. The molecule has 1 radical (unpaired) electrons. The number of hydrogen-bond donors (Lipinski definition) is 0. The molecule has 1 aliphatic rings. The molecule has 1 aliphatic carbocycles. The van der Waals surface area contributed by atoms with Gasteiger partial charge >= 0.3 is 0 Å². The monoisotopic (exact) mass is 425 g/mol. The van der Waals surface area contributed by atoms with E-state index in [4.69, 9.17) is 16.6 Å². The fourth-order valence-corrected chi connectivity index (χ4v) is 4.90. The predicted octanol–water partition coefficient (Wildman–Crippen LogP) is 8.00. The minimum Gasteiger partial charge on any atom is -0.247 e. The second-order valence-electron chi connectivity index (χ2n) is 9.48. The van der Waals surface area contributed by atoms with Gasteiger partial charge in [0.1, 0.15) is 5.15 Å².